The van der Waals surface area contributed by atoms with Gasteiger partial charge >= 0.3 is 17.9 Å². The monoisotopic (exact) mass is 1230 g/mol. The minimum atomic E-state index is -2.57. The Balaban J connectivity index is 2.48. The molecule has 0 saturated carbocycles. The van der Waals surface area contributed by atoms with Crippen LogP contribution in [0.25, 0.3) is 0 Å². The SMILES string of the molecule is C/N=C(\NC)NCCCCC/C=C(\C)CC(C)C1OC(=O)C(C)C(O)/C(C)=C/CC(O)C(C)C(O)CC(O)C(C)C(O)CCC(C)C(O)CC2(O)OC(CC(OC(=O)CC(=O)O)CC(O)CC(O)CC(O)C(C)C(O)/C=C/C=C/C1C)CC(O)C2O. The molecular weight excluding hydrogens is 1120 g/mol. The number of allylic oxidation sites excluding steroid dienone is 4. The first-order valence-electron chi connectivity index (χ1n) is 31.0. The lowest BCUT2D eigenvalue weighted by atomic mass is 9.83. The Morgan fingerprint density at radius 1 is 0.767 bits per heavy atom. The predicted octanol–water partition coefficient (Wildman–Crippen LogP) is 2.82. The molecule has 1 saturated heterocycles. The van der Waals surface area contributed by atoms with E-state index in [1.807, 2.05) is 26.8 Å². The highest BCUT2D eigenvalue weighted by atomic mass is 16.7. The zero-order valence-corrected chi connectivity index (χ0v) is 52.8. The number of esters is 2. The van der Waals surface area contributed by atoms with Gasteiger partial charge in [-0.2, -0.15) is 0 Å². The number of hydrogen-bond acceptors (Lipinski definition) is 20. The quantitative estimate of drug-likeness (QED) is 0.0333. The maximum absolute atomic E-state index is 14.0. The van der Waals surface area contributed by atoms with Crippen molar-refractivity contribution < 1.29 is 100 Å². The van der Waals surface area contributed by atoms with Gasteiger partial charge < -0.3 is 96.3 Å². The molecule has 2 rings (SSSR count). The van der Waals surface area contributed by atoms with Gasteiger partial charge in [0.1, 0.15) is 24.7 Å². The van der Waals surface area contributed by atoms with Gasteiger partial charge in [-0.3, -0.25) is 19.4 Å². The summed E-state index contributed by atoms with van der Waals surface area (Å²) in [6, 6.07) is 0. The summed E-state index contributed by atoms with van der Waals surface area (Å²) < 4.78 is 17.5. The Labute approximate surface area is 510 Å². The molecule has 23 unspecified atom stereocenters. The van der Waals surface area contributed by atoms with Gasteiger partial charge in [0.15, 0.2) is 11.7 Å². The fourth-order valence-corrected chi connectivity index (χ4v) is 11.2. The standard InChI is InChI=1S/C63H111N3O20/c1-35(18-14-12-13-17-25-66-62(64-10)65-11)26-39(5)59-38(4)19-15-16-20-48(69)40(6)51(72)29-45(68)27-44(67)28-46(84-57(79)33-56(77)78)30-47-31-54(75)60(81)63(83,86-47)34-55(76)36(2)21-23-49(70)41(7)52(73)32-53(74)42(8)50(71)24-22-37(3)58(80)43(9)61(82)85-59/h15-16,18-20,22,36,38-55,58-60,67-76,80-81,83H,12-14,17,21,23-34H2,1-11H3,(H,77,78)(H2,64,65,66)/b19-15+,20-16+,35-18+,37-22+. The van der Waals surface area contributed by atoms with Crippen molar-refractivity contribution in [2.45, 2.75) is 262 Å². The number of nitrogens with zero attached hydrogens (tertiary/aromatic N) is 1. The van der Waals surface area contributed by atoms with Crippen molar-refractivity contribution >= 4 is 23.9 Å². The maximum atomic E-state index is 14.0. The molecule has 2 aliphatic heterocycles. The number of aliphatic hydroxyl groups is 13. The second-order valence-electron chi connectivity index (χ2n) is 25.0. The van der Waals surface area contributed by atoms with Crippen molar-refractivity contribution in [3.63, 3.8) is 0 Å². The van der Waals surface area contributed by atoms with Crippen molar-refractivity contribution in [3.8, 4) is 0 Å². The molecule has 23 nitrogen and oxygen atoms in total. The molecule has 0 aromatic rings. The van der Waals surface area contributed by atoms with E-state index in [4.69, 9.17) is 14.2 Å². The number of carboxylic acids is 1. The Morgan fingerprint density at radius 2 is 1.38 bits per heavy atom. The number of unbranched alkanes of at least 4 members (excludes halogenated alkanes) is 3. The van der Waals surface area contributed by atoms with Gasteiger partial charge in [0.25, 0.3) is 0 Å². The van der Waals surface area contributed by atoms with Gasteiger partial charge in [0, 0.05) is 70.0 Å². The third-order valence-corrected chi connectivity index (χ3v) is 17.5. The molecule has 0 spiro atoms. The minimum Gasteiger partial charge on any atom is -0.481 e. The Morgan fingerprint density at radius 3 is 2.01 bits per heavy atom. The average molecular weight is 1230 g/mol. The molecule has 2 bridgehead atoms. The van der Waals surface area contributed by atoms with E-state index in [1.54, 1.807) is 73.9 Å². The molecule has 0 aromatic heterocycles. The molecule has 0 amide bonds. The minimum absolute atomic E-state index is 0.0142. The summed E-state index contributed by atoms with van der Waals surface area (Å²) in [5, 5.41) is 161. The highest BCUT2D eigenvalue weighted by Crippen LogP contribution is 2.37. The van der Waals surface area contributed by atoms with Crippen molar-refractivity contribution in [1.29, 1.82) is 0 Å². The lowest BCUT2D eigenvalue weighted by molar-refractivity contribution is -0.333. The number of carbonyl (C=O) groups is 3. The van der Waals surface area contributed by atoms with E-state index in [0.29, 0.717) is 12.0 Å². The predicted molar refractivity (Wildman–Crippen MR) is 324 cm³/mol. The first-order valence-corrected chi connectivity index (χ1v) is 31.0. The van der Waals surface area contributed by atoms with E-state index in [9.17, 15) is 85.9 Å². The summed E-state index contributed by atoms with van der Waals surface area (Å²) in [4.78, 5) is 42.1. The number of guanidine groups is 1. The lowest BCUT2D eigenvalue weighted by Crippen LogP contribution is -2.60. The molecule has 1 fully saturated rings. The van der Waals surface area contributed by atoms with Crippen molar-refractivity contribution in [1.82, 2.24) is 10.6 Å². The van der Waals surface area contributed by atoms with Gasteiger partial charge in [-0.25, -0.2) is 0 Å². The number of aliphatic carboxylic acids is 1. The number of fused-ring (bicyclic) bond motifs is 2. The average Bonchev–Trinajstić information content (AvgIpc) is 1.30. The molecule has 23 heteroatoms. The number of ether oxygens (including phenoxy) is 3. The van der Waals surface area contributed by atoms with E-state index in [-0.39, 0.29) is 63.2 Å². The molecule has 0 aliphatic carbocycles. The van der Waals surface area contributed by atoms with Crippen molar-refractivity contribution in [2.24, 2.45) is 46.4 Å². The molecule has 498 valence electrons. The first kappa shape index (κ1) is 78.2. The Bertz CT molecular complexity index is 2150. The number of cyclic esters (lactones) is 1. The number of carbonyl (C=O) groups excluding carboxylic acids is 2. The van der Waals surface area contributed by atoms with Gasteiger partial charge in [-0.05, 0) is 102 Å². The lowest BCUT2D eigenvalue weighted by Gasteiger charge is -2.45. The van der Waals surface area contributed by atoms with Crippen molar-refractivity contribution in [3.05, 3.63) is 47.6 Å². The molecular formula is C63H111N3O20. The smallest absolute Gasteiger partial charge is 0.317 e. The number of carboxylic acid groups (broad SMARTS) is 1. The van der Waals surface area contributed by atoms with E-state index >= 15 is 0 Å². The van der Waals surface area contributed by atoms with Crippen LogP contribution in [0.5, 0.6) is 0 Å². The number of hydrogen-bond donors (Lipinski definition) is 16. The van der Waals surface area contributed by atoms with Crippen LogP contribution in [0.15, 0.2) is 52.6 Å². The van der Waals surface area contributed by atoms with Crippen LogP contribution in [0, 0.1) is 41.4 Å². The van der Waals surface area contributed by atoms with Gasteiger partial charge in [-0.15, -0.1) is 0 Å². The van der Waals surface area contributed by atoms with Crippen LogP contribution in [-0.4, -0.2) is 213 Å². The molecule has 86 heavy (non-hydrogen) atoms. The number of aliphatic hydroxyl groups excluding tert-OH is 12. The molecule has 0 radical (unpaired) electrons. The van der Waals surface area contributed by atoms with Crippen LogP contribution in [0.1, 0.15) is 165 Å². The number of rotatable bonds is 12. The summed E-state index contributed by atoms with van der Waals surface area (Å²) in [6.45, 7) is 16.2. The van der Waals surface area contributed by atoms with E-state index in [2.05, 4.69) is 21.7 Å². The fourth-order valence-electron chi connectivity index (χ4n) is 11.2. The first-order chi connectivity index (χ1) is 40.2. The van der Waals surface area contributed by atoms with E-state index < -0.39 is 164 Å². The zero-order chi connectivity index (χ0) is 65.2. The second-order valence-corrected chi connectivity index (χ2v) is 25.0. The van der Waals surface area contributed by atoms with E-state index in [0.717, 1.165) is 43.8 Å². The molecule has 2 aliphatic rings. The van der Waals surface area contributed by atoms with Gasteiger partial charge in [-0.1, -0.05) is 90.0 Å². The van der Waals surface area contributed by atoms with Gasteiger partial charge in [0.2, 0.25) is 0 Å². The topological polar surface area (TPSA) is 399 Å². The normalized spacial score (nSPS) is 39.4. The van der Waals surface area contributed by atoms with Crippen LogP contribution in [-0.2, 0) is 28.6 Å². The molecule has 16 N–H and O–H groups in total. The summed E-state index contributed by atoms with van der Waals surface area (Å²) in [5.74, 6) is -9.88. The largest absolute Gasteiger partial charge is 0.481 e. The van der Waals surface area contributed by atoms with Crippen LogP contribution >= 0.6 is 0 Å². The highest BCUT2D eigenvalue weighted by molar-refractivity contribution is 5.90. The molecule has 0 aromatic carbocycles. The Hall–Kier alpha value is -3.92. The molecule has 2 heterocycles. The van der Waals surface area contributed by atoms with E-state index in [1.165, 1.54) is 6.08 Å². The number of nitrogens with one attached hydrogen (secondary N) is 2. The van der Waals surface area contributed by atoms with Gasteiger partial charge in [0.05, 0.1) is 79.2 Å². The summed E-state index contributed by atoms with van der Waals surface area (Å²) >= 11 is 0. The summed E-state index contributed by atoms with van der Waals surface area (Å²) in [7, 11) is 3.52. The summed E-state index contributed by atoms with van der Waals surface area (Å²) in [5.41, 5.74) is 1.50. The summed E-state index contributed by atoms with van der Waals surface area (Å²) in [6.07, 6.45) is -8.35. The third-order valence-electron chi connectivity index (χ3n) is 17.5. The second kappa shape index (κ2) is 39.3. The van der Waals surface area contributed by atoms with Crippen LogP contribution in [0.3, 0.4) is 0 Å². The third kappa shape index (κ3) is 27.4. The zero-order valence-electron chi connectivity index (χ0n) is 52.8. The van der Waals surface area contributed by atoms with Crippen LogP contribution in [0.2, 0.25) is 0 Å². The fraction of sp³-hybridized carbons (Fsp3) is 0.810. The molecule has 23 atom stereocenters. The van der Waals surface area contributed by atoms with Crippen LogP contribution in [0.4, 0.5) is 0 Å². The van der Waals surface area contributed by atoms with Crippen molar-refractivity contribution in [2.75, 3.05) is 20.6 Å². The maximum Gasteiger partial charge on any atom is 0.317 e. The highest BCUT2D eigenvalue weighted by Gasteiger charge is 2.50. The number of aliphatic imine (C=N–C) groups is 1. The Kier molecular flexibility index (Phi) is 35.7. The van der Waals surface area contributed by atoms with Crippen LogP contribution < -0.4 is 10.6 Å².